The van der Waals surface area contributed by atoms with Crippen LogP contribution in [0.25, 0.3) is 0 Å². The van der Waals surface area contributed by atoms with Crippen LogP contribution in [0.5, 0.6) is 11.6 Å². The van der Waals surface area contributed by atoms with Gasteiger partial charge in [-0.3, -0.25) is 0 Å². The average molecular weight is 337 g/mol. The summed E-state index contributed by atoms with van der Waals surface area (Å²) in [6.45, 7) is 2.03. The fourth-order valence-corrected chi connectivity index (χ4v) is 2.08. The van der Waals surface area contributed by atoms with Crippen LogP contribution in [0.1, 0.15) is 17.3 Å². The van der Waals surface area contributed by atoms with Crippen LogP contribution in [-0.4, -0.2) is 17.6 Å². The summed E-state index contributed by atoms with van der Waals surface area (Å²) < 4.78 is 11.4. The van der Waals surface area contributed by atoms with E-state index in [4.69, 9.17) is 15.2 Å². The number of hydrogen-bond donors (Lipinski definition) is 1. The van der Waals surface area contributed by atoms with Gasteiger partial charge in [-0.05, 0) is 31.2 Å². The molecule has 0 radical (unpaired) electrons. The van der Waals surface area contributed by atoms with Crippen LogP contribution in [0, 0.1) is 0 Å². The van der Waals surface area contributed by atoms with E-state index in [1.165, 1.54) is 0 Å². The third-order valence-corrected chi connectivity index (χ3v) is 2.83. The van der Waals surface area contributed by atoms with E-state index in [1.807, 2.05) is 0 Å². The van der Waals surface area contributed by atoms with Crippen LogP contribution >= 0.6 is 15.9 Å². The number of carbonyl (C=O) groups excluding carboxylic acids is 1. The molecule has 0 amide bonds. The maximum atomic E-state index is 11.8. The molecule has 2 rings (SSSR count). The van der Waals surface area contributed by atoms with Gasteiger partial charge in [0.1, 0.15) is 11.3 Å². The standard InChI is InChI=1S/C14H13BrN2O3/c1-2-19-14(18)12-4-3-5-17-13(12)20-11-7-9(15)6-10(16)8-11/h3-8H,2,16H2,1H3. The number of rotatable bonds is 4. The third-order valence-electron chi connectivity index (χ3n) is 2.37. The van der Waals surface area contributed by atoms with E-state index in [0.717, 1.165) is 4.47 Å². The number of esters is 1. The Morgan fingerprint density at radius 1 is 1.40 bits per heavy atom. The molecule has 0 saturated carbocycles. The first-order valence-corrected chi connectivity index (χ1v) is 6.75. The summed E-state index contributed by atoms with van der Waals surface area (Å²) in [4.78, 5) is 15.9. The number of nitrogens with two attached hydrogens (primary N) is 1. The maximum Gasteiger partial charge on any atom is 0.343 e. The summed E-state index contributed by atoms with van der Waals surface area (Å²) in [5.41, 5.74) is 6.55. The van der Waals surface area contributed by atoms with Gasteiger partial charge < -0.3 is 15.2 Å². The van der Waals surface area contributed by atoms with Crippen molar-refractivity contribution in [1.29, 1.82) is 0 Å². The molecule has 0 bridgehead atoms. The highest BCUT2D eigenvalue weighted by atomic mass is 79.9. The molecule has 1 aromatic carbocycles. The van der Waals surface area contributed by atoms with E-state index in [9.17, 15) is 4.79 Å². The molecule has 6 heteroatoms. The van der Waals surface area contributed by atoms with E-state index in [0.29, 0.717) is 11.4 Å². The van der Waals surface area contributed by atoms with Crippen molar-refractivity contribution in [2.75, 3.05) is 12.3 Å². The van der Waals surface area contributed by atoms with E-state index in [2.05, 4.69) is 20.9 Å². The van der Waals surface area contributed by atoms with Crippen LogP contribution < -0.4 is 10.5 Å². The van der Waals surface area contributed by atoms with Gasteiger partial charge in [-0.15, -0.1) is 0 Å². The summed E-state index contributed by atoms with van der Waals surface area (Å²) in [6.07, 6.45) is 1.54. The van der Waals surface area contributed by atoms with Crippen LogP contribution in [0.2, 0.25) is 0 Å². The molecule has 0 spiro atoms. The first-order valence-electron chi connectivity index (χ1n) is 5.96. The Kier molecular flexibility index (Phi) is 4.57. The minimum absolute atomic E-state index is 0.184. The van der Waals surface area contributed by atoms with Crippen molar-refractivity contribution in [3.05, 3.63) is 46.6 Å². The normalized spacial score (nSPS) is 10.1. The lowest BCUT2D eigenvalue weighted by Gasteiger charge is -2.10. The van der Waals surface area contributed by atoms with Gasteiger partial charge in [0.05, 0.1) is 6.61 Å². The maximum absolute atomic E-state index is 11.8. The molecule has 0 aliphatic carbocycles. The summed E-state index contributed by atoms with van der Waals surface area (Å²) in [7, 11) is 0. The van der Waals surface area contributed by atoms with Gasteiger partial charge in [0.2, 0.25) is 5.88 Å². The van der Waals surface area contributed by atoms with Crippen LogP contribution in [0.4, 0.5) is 5.69 Å². The van der Waals surface area contributed by atoms with Crippen molar-refractivity contribution >= 4 is 27.6 Å². The molecule has 0 aliphatic heterocycles. The quantitative estimate of drug-likeness (QED) is 0.684. The Bertz CT molecular complexity index is 611. The van der Waals surface area contributed by atoms with Crippen molar-refractivity contribution in [2.45, 2.75) is 6.92 Å². The van der Waals surface area contributed by atoms with Gasteiger partial charge in [-0.1, -0.05) is 15.9 Å². The molecule has 20 heavy (non-hydrogen) atoms. The smallest absolute Gasteiger partial charge is 0.343 e. The van der Waals surface area contributed by atoms with Gasteiger partial charge in [0.15, 0.2) is 0 Å². The van der Waals surface area contributed by atoms with E-state index in [1.54, 1.807) is 43.5 Å². The zero-order valence-electron chi connectivity index (χ0n) is 10.8. The Labute approximate surface area is 124 Å². The Morgan fingerprint density at radius 2 is 2.20 bits per heavy atom. The Hall–Kier alpha value is -2.08. The second-order valence-electron chi connectivity index (χ2n) is 3.90. The number of hydrogen-bond acceptors (Lipinski definition) is 5. The lowest BCUT2D eigenvalue weighted by Crippen LogP contribution is -2.07. The van der Waals surface area contributed by atoms with Gasteiger partial charge in [-0.25, -0.2) is 9.78 Å². The largest absolute Gasteiger partial charge is 0.462 e. The third kappa shape index (κ3) is 3.48. The number of benzene rings is 1. The number of ether oxygens (including phenoxy) is 2. The fraction of sp³-hybridized carbons (Fsp3) is 0.143. The van der Waals surface area contributed by atoms with Gasteiger partial charge in [0, 0.05) is 22.4 Å². The number of nitrogen functional groups attached to an aromatic ring is 1. The molecule has 2 aromatic rings. The highest BCUT2D eigenvalue weighted by Gasteiger charge is 2.15. The SMILES string of the molecule is CCOC(=O)c1cccnc1Oc1cc(N)cc(Br)c1. The zero-order chi connectivity index (χ0) is 14.5. The molecule has 0 saturated heterocycles. The van der Waals surface area contributed by atoms with E-state index < -0.39 is 5.97 Å². The predicted octanol–water partition coefficient (Wildman–Crippen LogP) is 3.40. The van der Waals surface area contributed by atoms with E-state index in [-0.39, 0.29) is 18.1 Å². The van der Waals surface area contributed by atoms with E-state index >= 15 is 0 Å². The van der Waals surface area contributed by atoms with Crippen LogP contribution in [0.15, 0.2) is 41.0 Å². The molecule has 2 N–H and O–H groups in total. The second-order valence-corrected chi connectivity index (χ2v) is 4.81. The monoisotopic (exact) mass is 336 g/mol. The van der Waals surface area contributed by atoms with Crippen LogP contribution in [0.3, 0.4) is 0 Å². The highest BCUT2D eigenvalue weighted by molar-refractivity contribution is 9.10. The lowest BCUT2D eigenvalue weighted by molar-refractivity contribution is 0.0522. The molecule has 1 heterocycles. The highest BCUT2D eigenvalue weighted by Crippen LogP contribution is 2.28. The summed E-state index contributed by atoms with van der Waals surface area (Å²) in [5, 5.41) is 0. The number of nitrogens with zero attached hydrogens (tertiary/aromatic N) is 1. The van der Waals surface area contributed by atoms with Crippen molar-refractivity contribution < 1.29 is 14.3 Å². The molecular formula is C14H13BrN2O3. The van der Waals surface area contributed by atoms with Gasteiger partial charge in [-0.2, -0.15) is 0 Å². The Balaban J connectivity index is 2.31. The molecule has 1 aromatic heterocycles. The van der Waals surface area contributed by atoms with Gasteiger partial charge >= 0.3 is 5.97 Å². The molecule has 0 unspecified atom stereocenters. The topological polar surface area (TPSA) is 74.4 Å². The molecule has 5 nitrogen and oxygen atoms in total. The number of aromatic nitrogens is 1. The summed E-state index contributed by atoms with van der Waals surface area (Å²) >= 11 is 3.33. The van der Waals surface area contributed by atoms with Crippen molar-refractivity contribution in [3.63, 3.8) is 0 Å². The zero-order valence-corrected chi connectivity index (χ0v) is 12.4. The first-order chi connectivity index (χ1) is 9.60. The van der Waals surface area contributed by atoms with Crippen LogP contribution in [-0.2, 0) is 4.74 Å². The molecule has 0 atom stereocenters. The van der Waals surface area contributed by atoms with Gasteiger partial charge in [0.25, 0.3) is 0 Å². The summed E-state index contributed by atoms with van der Waals surface area (Å²) in [6, 6.07) is 8.38. The fourth-order valence-electron chi connectivity index (χ4n) is 1.59. The first kappa shape index (κ1) is 14.3. The lowest BCUT2D eigenvalue weighted by atomic mass is 10.2. The number of anilines is 1. The van der Waals surface area contributed by atoms with Crippen molar-refractivity contribution in [1.82, 2.24) is 4.98 Å². The van der Waals surface area contributed by atoms with Crippen molar-refractivity contribution in [2.24, 2.45) is 0 Å². The molecular weight excluding hydrogens is 324 g/mol. The Morgan fingerprint density at radius 3 is 2.90 bits per heavy atom. The second kappa shape index (κ2) is 6.38. The molecule has 104 valence electrons. The minimum atomic E-state index is -0.474. The predicted molar refractivity (Wildman–Crippen MR) is 78.8 cm³/mol. The minimum Gasteiger partial charge on any atom is -0.462 e. The molecule has 0 aliphatic rings. The number of carbonyl (C=O) groups is 1. The number of halogens is 1. The summed E-state index contributed by atoms with van der Waals surface area (Å²) in [5.74, 6) is 0.197. The molecule has 0 fully saturated rings. The average Bonchev–Trinajstić information content (AvgIpc) is 2.38. The van der Waals surface area contributed by atoms with Crippen molar-refractivity contribution in [3.8, 4) is 11.6 Å². The number of pyridine rings is 1.